The summed E-state index contributed by atoms with van der Waals surface area (Å²) < 4.78 is 0. The average molecular weight is 396 g/mol. The number of rotatable bonds is 7. The molecule has 7 heteroatoms. The Balaban J connectivity index is 1.67. The van der Waals surface area contributed by atoms with E-state index in [1.807, 2.05) is 12.3 Å². The number of pyridine rings is 1. The van der Waals surface area contributed by atoms with Crippen LogP contribution in [0.2, 0.25) is 0 Å². The van der Waals surface area contributed by atoms with Gasteiger partial charge in [-0.15, -0.1) is 11.3 Å². The fourth-order valence-electron chi connectivity index (χ4n) is 3.13. The predicted molar refractivity (Wildman–Crippen MR) is 114 cm³/mol. The molecule has 0 aliphatic heterocycles. The van der Waals surface area contributed by atoms with Gasteiger partial charge in [0.25, 0.3) is 0 Å². The summed E-state index contributed by atoms with van der Waals surface area (Å²) in [6.07, 6.45) is 8.23. The van der Waals surface area contributed by atoms with Crippen LogP contribution in [0.3, 0.4) is 0 Å². The van der Waals surface area contributed by atoms with Gasteiger partial charge in [-0.05, 0) is 61.2 Å². The monoisotopic (exact) mass is 395 g/mol. The molecule has 1 aliphatic rings. The van der Waals surface area contributed by atoms with Gasteiger partial charge in [-0.1, -0.05) is 19.8 Å². The lowest BCUT2D eigenvalue weighted by molar-refractivity contribution is 0.251. The Labute approximate surface area is 168 Å². The normalized spacial score (nSPS) is 13.6. The molecule has 28 heavy (non-hydrogen) atoms. The second-order valence-corrected chi connectivity index (χ2v) is 8.32. The zero-order valence-corrected chi connectivity index (χ0v) is 17.1. The maximum Gasteiger partial charge on any atom is 0.320 e. The minimum absolute atomic E-state index is 0.202. The van der Waals surface area contributed by atoms with Gasteiger partial charge in [-0.2, -0.15) is 0 Å². The van der Waals surface area contributed by atoms with Crippen LogP contribution in [0, 0.1) is 6.92 Å². The van der Waals surface area contributed by atoms with Gasteiger partial charge in [0.2, 0.25) is 0 Å². The minimum atomic E-state index is -0.202. The van der Waals surface area contributed by atoms with Gasteiger partial charge in [-0.25, -0.2) is 14.8 Å². The average Bonchev–Trinajstić information content (AvgIpc) is 3.38. The quantitative estimate of drug-likeness (QED) is 0.547. The van der Waals surface area contributed by atoms with Crippen molar-refractivity contribution in [2.24, 2.45) is 0 Å². The van der Waals surface area contributed by atoms with Crippen LogP contribution >= 0.6 is 11.3 Å². The molecule has 1 fully saturated rings. The summed E-state index contributed by atoms with van der Waals surface area (Å²) in [7, 11) is 0. The number of aromatic nitrogens is 3. The highest BCUT2D eigenvalue weighted by Crippen LogP contribution is 2.28. The van der Waals surface area contributed by atoms with Crippen molar-refractivity contribution in [3.8, 4) is 10.6 Å². The summed E-state index contributed by atoms with van der Waals surface area (Å²) >= 11 is 1.65. The maximum absolute atomic E-state index is 12.2. The smallest absolute Gasteiger partial charge is 0.320 e. The molecule has 2 amide bonds. The highest BCUT2D eigenvalue weighted by Gasteiger charge is 2.23. The van der Waals surface area contributed by atoms with E-state index in [0.717, 1.165) is 60.2 Å². The van der Waals surface area contributed by atoms with E-state index in [1.165, 1.54) is 5.56 Å². The van der Waals surface area contributed by atoms with Crippen molar-refractivity contribution in [3.63, 3.8) is 0 Å². The summed E-state index contributed by atoms with van der Waals surface area (Å²) in [6.45, 7) is 4.26. The summed E-state index contributed by atoms with van der Waals surface area (Å²) in [5, 5.41) is 7.91. The van der Waals surface area contributed by atoms with Crippen molar-refractivity contribution in [2.75, 3.05) is 5.32 Å². The molecule has 0 bridgehead atoms. The molecule has 146 valence electrons. The number of fused-ring (bicyclic) bond motifs is 1. The van der Waals surface area contributed by atoms with Crippen molar-refractivity contribution < 1.29 is 4.79 Å². The molecule has 1 aliphatic carbocycles. The first-order valence-corrected chi connectivity index (χ1v) is 10.8. The molecular formula is C21H25N5OS. The fourth-order valence-corrected chi connectivity index (χ4v) is 3.99. The number of aryl methyl sites for hydroxylation is 2. The molecule has 0 saturated heterocycles. The third-order valence-corrected chi connectivity index (χ3v) is 5.85. The van der Waals surface area contributed by atoms with E-state index >= 15 is 0 Å². The lowest BCUT2D eigenvalue weighted by atomic mass is 10.1. The van der Waals surface area contributed by atoms with E-state index < -0.39 is 0 Å². The van der Waals surface area contributed by atoms with E-state index in [0.29, 0.717) is 17.5 Å². The molecular weight excluding hydrogens is 370 g/mol. The summed E-state index contributed by atoms with van der Waals surface area (Å²) in [5.74, 6) is 0.533. The Morgan fingerprint density at radius 1 is 1.25 bits per heavy atom. The molecule has 0 aromatic carbocycles. The minimum Gasteiger partial charge on any atom is -0.335 e. The van der Waals surface area contributed by atoms with Gasteiger partial charge in [0, 0.05) is 6.04 Å². The number of carbonyl (C=O) groups excluding carboxylic acids is 1. The number of hydrogen-bond acceptors (Lipinski definition) is 5. The molecule has 3 aromatic rings. The first-order valence-electron chi connectivity index (χ1n) is 9.92. The number of nitrogens with zero attached hydrogens (tertiary/aromatic N) is 3. The second kappa shape index (κ2) is 8.22. The number of carbonyl (C=O) groups is 1. The lowest BCUT2D eigenvalue weighted by Gasteiger charge is -2.11. The molecule has 0 radical (unpaired) electrons. The second-order valence-electron chi connectivity index (χ2n) is 7.41. The Morgan fingerprint density at radius 3 is 2.82 bits per heavy atom. The van der Waals surface area contributed by atoms with Crippen LogP contribution in [0.1, 0.15) is 50.2 Å². The van der Waals surface area contributed by atoms with E-state index in [1.54, 1.807) is 11.3 Å². The first kappa shape index (κ1) is 18.8. The zero-order valence-electron chi connectivity index (χ0n) is 16.3. The number of urea groups is 1. The number of thiophene rings is 1. The molecule has 3 aromatic heterocycles. The zero-order chi connectivity index (χ0) is 19.5. The van der Waals surface area contributed by atoms with Gasteiger partial charge < -0.3 is 5.32 Å². The van der Waals surface area contributed by atoms with Crippen LogP contribution in [0.15, 0.2) is 23.7 Å². The van der Waals surface area contributed by atoms with Crippen LogP contribution in [-0.4, -0.2) is 27.0 Å². The Morgan fingerprint density at radius 2 is 2.11 bits per heavy atom. The predicted octanol–water partition coefficient (Wildman–Crippen LogP) is 5.08. The third-order valence-electron chi connectivity index (χ3n) is 4.78. The molecule has 4 rings (SSSR count). The van der Waals surface area contributed by atoms with Crippen molar-refractivity contribution in [1.82, 2.24) is 20.3 Å². The van der Waals surface area contributed by atoms with Crippen LogP contribution in [0.5, 0.6) is 0 Å². The van der Waals surface area contributed by atoms with Crippen molar-refractivity contribution in [3.05, 3.63) is 34.8 Å². The summed E-state index contributed by atoms with van der Waals surface area (Å²) in [5.41, 5.74) is 4.52. The van der Waals surface area contributed by atoms with Gasteiger partial charge >= 0.3 is 6.03 Å². The molecule has 0 unspecified atom stereocenters. The van der Waals surface area contributed by atoms with Crippen LogP contribution < -0.4 is 10.6 Å². The Hall–Kier alpha value is -2.54. The molecule has 1 saturated carbocycles. The van der Waals surface area contributed by atoms with Gasteiger partial charge in [0.1, 0.15) is 17.0 Å². The van der Waals surface area contributed by atoms with Gasteiger partial charge in [0.15, 0.2) is 5.65 Å². The van der Waals surface area contributed by atoms with Gasteiger partial charge in [-0.3, -0.25) is 10.3 Å². The van der Waals surface area contributed by atoms with E-state index in [2.05, 4.69) is 45.9 Å². The topological polar surface area (TPSA) is 79.8 Å². The van der Waals surface area contributed by atoms with Gasteiger partial charge in [0.05, 0.1) is 11.1 Å². The largest absolute Gasteiger partial charge is 0.335 e. The standard InChI is InChI=1S/C21H25N5OS/c1-3-4-5-6-14-10-18(26-21(27)23-15-7-8-15)25-20-19(14)22-11-16(24-20)17-9-13(2)12-28-17/h9-12,15H,3-8H2,1-2H3,(H2,23,24,25,26,27). The Bertz CT molecular complexity index is 996. The molecule has 0 atom stereocenters. The maximum atomic E-state index is 12.2. The van der Waals surface area contributed by atoms with Crippen LogP contribution in [0.4, 0.5) is 10.6 Å². The fraction of sp³-hybridized carbons (Fsp3) is 0.429. The van der Waals surface area contributed by atoms with Crippen LogP contribution in [-0.2, 0) is 6.42 Å². The highest BCUT2D eigenvalue weighted by molar-refractivity contribution is 7.13. The number of hydrogen-bond donors (Lipinski definition) is 2. The first-order chi connectivity index (χ1) is 13.6. The Kier molecular flexibility index (Phi) is 5.52. The number of amides is 2. The lowest BCUT2D eigenvalue weighted by Crippen LogP contribution is -2.30. The summed E-state index contributed by atoms with van der Waals surface area (Å²) in [4.78, 5) is 27.3. The highest BCUT2D eigenvalue weighted by atomic mass is 32.1. The SMILES string of the molecule is CCCCCc1cc(NC(=O)NC2CC2)nc2nc(-c3cc(C)cs3)cnc12. The third kappa shape index (κ3) is 4.47. The molecule has 0 spiro atoms. The summed E-state index contributed by atoms with van der Waals surface area (Å²) in [6, 6.07) is 4.15. The molecule has 3 heterocycles. The van der Waals surface area contributed by atoms with E-state index in [9.17, 15) is 4.79 Å². The molecule has 6 nitrogen and oxygen atoms in total. The molecule has 2 N–H and O–H groups in total. The van der Waals surface area contributed by atoms with E-state index in [-0.39, 0.29) is 6.03 Å². The number of anilines is 1. The van der Waals surface area contributed by atoms with E-state index in [4.69, 9.17) is 4.98 Å². The van der Waals surface area contributed by atoms with Crippen molar-refractivity contribution in [1.29, 1.82) is 0 Å². The van der Waals surface area contributed by atoms with Crippen molar-refractivity contribution in [2.45, 2.75) is 58.4 Å². The number of nitrogens with one attached hydrogen (secondary N) is 2. The van der Waals surface area contributed by atoms with Crippen LogP contribution in [0.25, 0.3) is 21.7 Å². The van der Waals surface area contributed by atoms with Crippen molar-refractivity contribution >= 4 is 34.3 Å². The number of unbranched alkanes of at least 4 members (excludes halogenated alkanes) is 2.